The van der Waals surface area contributed by atoms with E-state index in [0.29, 0.717) is 6.29 Å². The van der Waals surface area contributed by atoms with Crippen molar-refractivity contribution in [3.8, 4) is 5.75 Å². The number of fused-ring (bicyclic) bond motifs is 2. The minimum absolute atomic E-state index is 0.128. The fourth-order valence-corrected chi connectivity index (χ4v) is 5.89. The van der Waals surface area contributed by atoms with Gasteiger partial charge in [-0.25, -0.2) is 0 Å². The third-order valence-corrected chi connectivity index (χ3v) is 8.42. The second-order valence-corrected chi connectivity index (χ2v) is 11.3. The molecule has 40 heavy (non-hydrogen) atoms. The second-order valence-electron chi connectivity index (χ2n) is 11.3. The number of nitrogens with zero attached hydrogens (tertiary/aromatic N) is 4. The number of pyridine rings is 1. The Hall–Kier alpha value is -2.53. The van der Waals surface area contributed by atoms with Crippen molar-refractivity contribution < 1.29 is 27.8 Å². The molecular weight excluding hydrogens is 521 g/mol. The first-order valence-electron chi connectivity index (χ1n) is 14.1. The lowest BCUT2D eigenvalue weighted by Gasteiger charge is -2.32. The molecule has 3 saturated heterocycles. The molecule has 3 aliphatic rings. The van der Waals surface area contributed by atoms with Crippen molar-refractivity contribution in [3.63, 3.8) is 0 Å². The van der Waals surface area contributed by atoms with Gasteiger partial charge >= 0.3 is 6.18 Å². The van der Waals surface area contributed by atoms with Crippen LogP contribution in [0.5, 0.6) is 5.75 Å². The van der Waals surface area contributed by atoms with Gasteiger partial charge in [0.2, 0.25) is 0 Å². The van der Waals surface area contributed by atoms with Gasteiger partial charge in [-0.05, 0) is 88.0 Å². The molecule has 7 nitrogen and oxygen atoms in total. The Bertz CT molecular complexity index is 1130. The average molecular weight is 563 g/mol. The Morgan fingerprint density at radius 3 is 2.50 bits per heavy atom. The minimum Gasteiger partial charge on any atom is -0.493 e. The molecule has 0 amide bonds. The number of carbonyl (C=O) groups is 1. The molecule has 0 radical (unpaired) electrons. The van der Waals surface area contributed by atoms with E-state index in [1.807, 2.05) is 0 Å². The number of rotatable bonds is 8. The summed E-state index contributed by atoms with van der Waals surface area (Å²) >= 11 is 0. The first-order chi connectivity index (χ1) is 19.0. The van der Waals surface area contributed by atoms with Crippen LogP contribution < -0.4 is 4.74 Å². The number of benzene rings is 1. The summed E-state index contributed by atoms with van der Waals surface area (Å²) in [5.41, 5.74) is 3.25. The average Bonchev–Trinajstić information content (AvgIpc) is 3.49. The van der Waals surface area contributed by atoms with E-state index in [0.717, 1.165) is 88.2 Å². The van der Waals surface area contributed by atoms with Crippen LogP contribution in [-0.2, 0) is 12.7 Å². The lowest BCUT2D eigenvalue weighted by molar-refractivity contribution is -0.141. The zero-order valence-electron chi connectivity index (χ0n) is 23.7. The number of hydrogen-bond donors (Lipinski definition) is 1. The number of aliphatic hydroxyl groups excluding tert-OH is 1. The number of ether oxygens (including phenoxy) is 1. The molecule has 0 saturated carbocycles. The number of aromatic nitrogens is 1. The normalized spacial score (nSPS) is 23.6. The first kappa shape index (κ1) is 30.4. The molecule has 1 aromatic heterocycles. The number of piperazine rings is 1. The molecule has 5 rings (SSSR count). The number of β-amino-alcohol motifs (C(OH)–C–C–N with tert-alkyl or cyclic N) is 1. The van der Waals surface area contributed by atoms with Gasteiger partial charge in [-0.1, -0.05) is 6.07 Å². The molecule has 0 spiro atoms. The maximum Gasteiger partial charge on any atom is 0.433 e. The smallest absolute Gasteiger partial charge is 0.433 e. The molecule has 3 fully saturated rings. The van der Waals surface area contributed by atoms with Crippen molar-refractivity contribution >= 4 is 6.29 Å². The molecule has 0 aliphatic carbocycles. The fraction of sp³-hybridized carbons (Fsp3) is 0.600. The van der Waals surface area contributed by atoms with Gasteiger partial charge in [0.05, 0.1) is 12.7 Å². The zero-order valence-corrected chi connectivity index (χ0v) is 23.7. The highest BCUT2D eigenvalue weighted by Crippen LogP contribution is 2.32. The predicted molar refractivity (Wildman–Crippen MR) is 148 cm³/mol. The number of halogens is 3. The fourth-order valence-electron chi connectivity index (χ4n) is 5.89. The maximum absolute atomic E-state index is 11.9. The number of aliphatic hydroxyl groups is 1. The van der Waals surface area contributed by atoms with Gasteiger partial charge in [-0.3, -0.25) is 14.7 Å². The van der Waals surface area contributed by atoms with Crippen LogP contribution in [0.1, 0.15) is 58.4 Å². The molecule has 2 aromatic rings. The van der Waals surface area contributed by atoms with Gasteiger partial charge in [-0.2, -0.15) is 13.2 Å². The van der Waals surface area contributed by atoms with E-state index in [1.54, 1.807) is 0 Å². The van der Waals surface area contributed by atoms with Crippen molar-refractivity contribution in [1.29, 1.82) is 0 Å². The largest absolute Gasteiger partial charge is 0.493 e. The van der Waals surface area contributed by atoms with Crippen molar-refractivity contribution in [2.75, 3.05) is 46.4 Å². The van der Waals surface area contributed by atoms with E-state index in [1.165, 1.54) is 36.2 Å². The number of aldehydes is 1. The molecule has 1 aromatic carbocycles. The number of carbonyl (C=O) groups excluding carboxylic acids is 1. The van der Waals surface area contributed by atoms with Gasteiger partial charge in [-0.15, -0.1) is 0 Å². The van der Waals surface area contributed by atoms with Crippen molar-refractivity contribution in [1.82, 2.24) is 19.7 Å². The molecule has 3 unspecified atom stereocenters. The molecule has 1 N–H and O–H groups in total. The van der Waals surface area contributed by atoms with Crippen LogP contribution in [0.25, 0.3) is 0 Å². The summed E-state index contributed by atoms with van der Waals surface area (Å²) in [5, 5.41) is 9.78. The summed E-state index contributed by atoms with van der Waals surface area (Å²) in [7, 11) is 2.26. The molecular formula is C30H41F3N4O3. The lowest BCUT2D eigenvalue weighted by Crippen LogP contribution is -2.44. The molecule has 220 valence electrons. The third kappa shape index (κ3) is 7.81. The number of likely N-dealkylation sites (tertiary alicyclic amines) is 3. The summed E-state index contributed by atoms with van der Waals surface area (Å²) in [4.78, 5) is 20.7. The van der Waals surface area contributed by atoms with Gasteiger partial charge in [0, 0.05) is 56.6 Å². The molecule has 4 heterocycles. The summed E-state index contributed by atoms with van der Waals surface area (Å²) < 4.78 is 41.7. The van der Waals surface area contributed by atoms with E-state index >= 15 is 0 Å². The summed E-state index contributed by atoms with van der Waals surface area (Å²) in [6.07, 6.45) is 1.15. The lowest BCUT2D eigenvalue weighted by atomic mass is 10.0. The SMILES string of the molecule is Cc1c(CN2CC3CC2CN3C)ccc(OCCCN2CCCC(O)C2)c1C.O=Cc1ccc(C(F)(F)F)nc1. The highest BCUT2D eigenvalue weighted by Gasteiger charge is 2.41. The highest BCUT2D eigenvalue weighted by atomic mass is 19.4. The number of piperidine rings is 1. The first-order valence-corrected chi connectivity index (χ1v) is 14.1. The van der Waals surface area contributed by atoms with E-state index in [4.69, 9.17) is 4.74 Å². The van der Waals surface area contributed by atoms with Gasteiger partial charge < -0.3 is 19.6 Å². The maximum atomic E-state index is 11.9. The topological polar surface area (TPSA) is 69.1 Å². The van der Waals surface area contributed by atoms with Crippen molar-refractivity contribution in [2.45, 2.75) is 70.4 Å². The standard InChI is InChI=1S/C23H37N3O2.C7H4F3NO/c1-17-18(2)23(28-11-5-10-25-9-4-6-22(27)16-25)8-7-19(17)13-26-15-20-12-21(26)14-24(20)3;8-7(9,10)6-2-1-5(4-12)3-11-6/h7-8,20-22,27H,4-6,9-16H2,1-3H3;1-4H. The van der Waals surface area contributed by atoms with Gasteiger partial charge in [0.1, 0.15) is 11.4 Å². The van der Waals surface area contributed by atoms with Crippen molar-refractivity contribution in [2.24, 2.45) is 0 Å². The van der Waals surface area contributed by atoms with E-state index < -0.39 is 11.9 Å². The van der Waals surface area contributed by atoms with Crippen molar-refractivity contribution in [3.05, 3.63) is 58.4 Å². The summed E-state index contributed by atoms with van der Waals surface area (Å²) in [6, 6.07) is 7.78. The van der Waals surface area contributed by atoms with E-state index in [2.05, 4.69) is 52.7 Å². The molecule has 2 bridgehead atoms. The Labute approximate surface area is 234 Å². The minimum atomic E-state index is -4.44. The monoisotopic (exact) mass is 562 g/mol. The van der Waals surface area contributed by atoms with Crippen LogP contribution in [0, 0.1) is 13.8 Å². The van der Waals surface area contributed by atoms with Crippen LogP contribution >= 0.6 is 0 Å². The van der Waals surface area contributed by atoms with Crippen LogP contribution in [0.4, 0.5) is 13.2 Å². The summed E-state index contributed by atoms with van der Waals surface area (Å²) in [5.74, 6) is 1.03. The van der Waals surface area contributed by atoms with Crippen LogP contribution in [0.2, 0.25) is 0 Å². The number of alkyl halides is 3. The molecule has 10 heteroatoms. The molecule has 3 aliphatic heterocycles. The Kier molecular flexibility index (Phi) is 10.2. The zero-order chi connectivity index (χ0) is 28.9. The third-order valence-electron chi connectivity index (χ3n) is 8.42. The van der Waals surface area contributed by atoms with Gasteiger partial charge in [0.25, 0.3) is 0 Å². The summed E-state index contributed by atoms with van der Waals surface area (Å²) in [6.45, 7) is 11.6. The van der Waals surface area contributed by atoms with E-state index in [-0.39, 0.29) is 11.7 Å². The van der Waals surface area contributed by atoms with Crippen LogP contribution in [-0.4, -0.2) is 95.6 Å². The van der Waals surface area contributed by atoms with Crippen LogP contribution in [0.3, 0.4) is 0 Å². The number of likely N-dealkylation sites (N-methyl/N-ethyl adjacent to an activating group) is 1. The Morgan fingerprint density at radius 1 is 1.10 bits per heavy atom. The van der Waals surface area contributed by atoms with Crippen LogP contribution in [0.15, 0.2) is 30.5 Å². The predicted octanol–water partition coefficient (Wildman–Crippen LogP) is 4.33. The van der Waals surface area contributed by atoms with Gasteiger partial charge in [0.15, 0.2) is 6.29 Å². The Morgan fingerprint density at radius 2 is 1.90 bits per heavy atom. The number of hydrogen-bond acceptors (Lipinski definition) is 7. The molecule has 3 atom stereocenters. The van der Waals surface area contributed by atoms with E-state index in [9.17, 15) is 23.1 Å². The Balaban J connectivity index is 0.000000259. The second kappa shape index (κ2) is 13.4. The quantitative estimate of drug-likeness (QED) is 0.380. The highest BCUT2D eigenvalue weighted by molar-refractivity contribution is 5.73.